The van der Waals surface area contributed by atoms with Gasteiger partial charge in [0.25, 0.3) is 0 Å². The Balaban J connectivity index is 2.12. The molecule has 2 rings (SSSR count). The van der Waals surface area contributed by atoms with Crippen LogP contribution in [0.25, 0.3) is 0 Å². The van der Waals surface area contributed by atoms with Crippen molar-refractivity contribution in [3.63, 3.8) is 0 Å². The normalized spacial score (nSPS) is 15.1. The first-order chi connectivity index (χ1) is 8.96. The van der Waals surface area contributed by atoms with Crippen molar-refractivity contribution in [1.29, 1.82) is 0 Å². The Kier molecular flexibility index (Phi) is 3.64. The molecule has 0 amide bonds. The number of carbonyl (C=O) groups is 2. The van der Waals surface area contributed by atoms with Crippen molar-refractivity contribution in [3.8, 4) is 0 Å². The standard InChI is InChI=1S/C14H14F2O3/c1-2-19-13(18)14(15,16)12(17)11-7-9-5-3-4-6-10(9)8-11/h3-6,11H,2,7-8H2,1H3. The summed E-state index contributed by atoms with van der Waals surface area (Å²) in [6.45, 7) is 1.25. The SMILES string of the molecule is CCOC(=O)C(F)(F)C(=O)C1Cc2ccccc2C1. The van der Waals surface area contributed by atoms with Crippen LogP contribution in [0.2, 0.25) is 0 Å². The predicted octanol–water partition coefficient (Wildman–Crippen LogP) is 2.17. The summed E-state index contributed by atoms with van der Waals surface area (Å²) in [6, 6.07) is 7.22. The Labute approximate surface area is 109 Å². The number of ether oxygens (including phenoxy) is 1. The summed E-state index contributed by atoms with van der Waals surface area (Å²) in [6.07, 6.45) is 0.508. The minimum absolute atomic E-state index is 0.174. The van der Waals surface area contributed by atoms with Crippen molar-refractivity contribution >= 4 is 11.8 Å². The molecule has 0 saturated heterocycles. The molecule has 1 aliphatic carbocycles. The quantitative estimate of drug-likeness (QED) is 0.621. The maximum atomic E-state index is 13.6. The maximum Gasteiger partial charge on any atom is 0.400 e. The van der Waals surface area contributed by atoms with E-state index in [0.717, 1.165) is 11.1 Å². The van der Waals surface area contributed by atoms with Crippen LogP contribution in [-0.4, -0.2) is 24.3 Å². The molecule has 0 heterocycles. The summed E-state index contributed by atoms with van der Waals surface area (Å²) in [7, 11) is 0. The van der Waals surface area contributed by atoms with Crippen LogP contribution >= 0.6 is 0 Å². The van der Waals surface area contributed by atoms with Crippen LogP contribution in [0.15, 0.2) is 24.3 Å². The van der Waals surface area contributed by atoms with Crippen molar-refractivity contribution in [2.75, 3.05) is 6.61 Å². The van der Waals surface area contributed by atoms with E-state index in [1.165, 1.54) is 6.92 Å². The van der Waals surface area contributed by atoms with Crippen LogP contribution in [0.1, 0.15) is 18.1 Å². The van der Waals surface area contributed by atoms with Crippen molar-refractivity contribution in [2.45, 2.75) is 25.7 Å². The van der Waals surface area contributed by atoms with Crippen LogP contribution in [-0.2, 0) is 27.2 Å². The molecule has 0 N–H and O–H groups in total. The Bertz CT molecular complexity index is 486. The fourth-order valence-electron chi connectivity index (χ4n) is 2.32. The lowest BCUT2D eigenvalue weighted by Gasteiger charge is -2.16. The van der Waals surface area contributed by atoms with Gasteiger partial charge >= 0.3 is 11.9 Å². The summed E-state index contributed by atoms with van der Waals surface area (Å²) in [4.78, 5) is 22.9. The van der Waals surface area contributed by atoms with Gasteiger partial charge in [-0.15, -0.1) is 0 Å². The number of hydrogen-bond acceptors (Lipinski definition) is 3. The molecule has 0 fully saturated rings. The molecule has 0 saturated carbocycles. The number of fused-ring (bicyclic) bond motifs is 1. The zero-order valence-electron chi connectivity index (χ0n) is 10.5. The maximum absolute atomic E-state index is 13.6. The number of alkyl halides is 2. The molecule has 102 valence electrons. The number of rotatable bonds is 4. The summed E-state index contributed by atoms with van der Waals surface area (Å²) < 4.78 is 31.6. The third-order valence-corrected chi connectivity index (χ3v) is 3.26. The molecule has 3 nitrogen and oxygen atoms in total. The molecular weight excluding hydrogens is 254 g/mol. The third kappa shape index (κ3) is 2.50. The number of esters is 1. The van der Waals surface area contributed by atoms with E-state index in [9.17, 15) is 18.4 Å². The minimum Gasteiger partial charge on any atom is -0.461 e. The van der Waals surface area contributed by atoms with Gasteiger partial charge in [0.15, 0.2) is 0 Å². The highest BCUT2D eigenvalue weighted by atomic mass is 19.3. The molecule has 0 spiro atoms. The van der Waals surface area contributed by atoms with Gasteiger partial charge in [-0.05, 0) is 30.9 Å². The number of ketones is 1. The van der Waals surface area contributed by atoms with Crippen molar-refractivity contribution in [3.05, 3.63) is 35.4 Å². The molecule has 0 aliphatic heterocycles. The van der Waals surface area contributed by atoms with Crippen molar-refractivity contribution in [1.82, 2.24) is 0 Å². The van der Waals surface area contributed by atoms with E-state index in [4.69, 9.17) is 0 Å². The largest absolute Gasteiger partial charge is 0.461 e. The van der Waals surface area contributed by atoms with Gasteiger partial charge in [-0.25, -0.2) is 4.79 Å². The third-order valence-electron chi connectivity index (χ3n) is 3.26. The molecule has 1 aliphatic rings. The molecule has 1 aromatic carbocycles. The Morgan fingerprint density at radius 2 is 1.79 bits per heavy atom. The average molecular weight is 268 g/mol. The van der Waals surface area contributed by atoms with Gasteiger partial charge in [-0.3, -0.25) is 4.79 Å². The first kappa shape index (κ1) is 13.6. The molecule has 19 heavy (non-hydrogen) atoms. The van der Waals surface area contributed by atoms with Gasteiger partial charge in [-0.1, -0.05) is 24.3 Å². The van der Waals surface area contributed by atoms with E-state index in [1.54, 1.807) is 12.1 Å². The van der Waals surface area contributed by atoms with Crippen LogP contribution < -0.4 is 0 Å². The van der Waals surface area contributed by atoms with E-state index >= 15 is 0 Å². The van der Waals surface area contributed by atoms with Gasteiger partial charge in [0, 0.05) is 5.92 Å². The van der Waals surface area contributed by atoms with Gasteiger partial charge in [0.1, 0.15) is 0 Å². The predicted molar refractivity (Wildman–Crippen MR) is 63.9 cm³/mol. The summed E-state index contributed by atoms with van der Waals surface area (Å²) in [5.41, 5.74) is 1.78. The number of carbonyl (C=O) groups excluding carboxylic acids is 2. The monoisotopic (exact) mass is 268 g/mol. The number of halogens is 2. The fourth-order valence-corrected chi connectivity index (χ4v) is 2.32. The second kappa shape index (κ2) is 5.07. The van der Waals surface area contributed by atoms with Crippen LogP contribution in [0, 0.1) is 5.92 Å². The number of benzene rings is 1. The van der Waals surface area contributed by atoms with E-state index in [2.05, 4.69) is 4.74 Å². The van der Waals surface area contributed by atoms with Gasteiger partial charge in [0.05, 0.1) is 6.61 Å². The lowest BCUT2D eigenvalue weighted by atomic mass is 9.96. The number of hydrogen-bond donors (Lipinski definition) is 0. The molecule has 0 bridgehead atoms. The second-order valence-corrected chi connectivity index (χ2v) is 4.53. The topological polar surface area (TPSA) is 43.4 Å². The first-order valence-corrected chi connectivity index (χ1v) is 6.13. The van der Waals surface area contributed by atoms with Gasteiger partial charge in [-0.2, -0.15) is 8.78 Å². The Morgan fingerprint density at radius 1 is 1.26 bits per heavy atom. The molecular formula is C14H14F2O3. The zero-order valence-corrected chi connectivity index (χ0v) is 10.5. The molecule has 5 heteroatoms. The van der Waals surface area contributed by atoms with Crippen LogP contribution in [0.5, 0.6) is 0 Å². The van der Waals surface area contributed by atoms with Crippen LogP contribution in [0.4, 0.5) is 8.78 Å². The van der Waals surface area contributed by atoms with E-state index in [0.29, 0.717) is 0 Å². The molecule has 0 aromatic heterocycles. The lowest BCUT2D eigenvalue weighted by molar-refractivity contribution is -0.178. The second-order valence-electron chi connectivity index (χ2n) is 4.53. The molecule has 1 aromatic rings. The van der Waals surface area contributed by atoms with E-state index in [1.807, 2.05) is 12.1 Å². The highest BCUT2D eigenvalue weighted by molar-refractivity contribution is 6.06. The molecule has 0 unspecified atom stereocenters. The molecule has 0 atom stereocenters. The smallest absolute Gasteiger partial charge is 0.400 e. The van der Waals surface area contributed by atoms with E-state index in [-0.39, 0.29) is 19.4 Å². The highest BCUT2D eigenvalue weighted by Gasteiger charge is 2.52. The first-order valence-electron chi connectivity index (χ1n) is 6.13. The van der Waals surface area contributed by atoms with Gasteiger partial charge < -0.3 is 4.74 Å². The van der Waals surface area contributed by atoms with E-state index < -0.39 is 23.6 Å². The Hall–Kier alpha value is -1.78. The number of Topliss-reactive ketones (excluding diaryl/α,β-unsaturated/α-hetero) is 1. The summed E-state index contributed by atoms with van der Waals surface area (Å²) in [5.74, 6) is -8.00. The zero-order chi connectivity index (χ0) is 14.0. The molecule has 0 radical (unpaired) electrons. The fraction of sp³-hybridized carbons (Fsp3) is 0.429. The summed E-state index contributed by atoms with van der Waals surface area (Å²) in [5, 5.41) is 0. The summed E-state index contributed by atoms with van der Waals surface area (Å²) >= 11 is 0. The van der Waals surface area contributed by atoms with Gasteiger partial charge in [0.2, 0.25) is 5.78 Å². The van der Waals surface area contributed by atoms with Crippen molar-refractivity contribution in [2.24, 2.45) is 5.92 Å². The van der Waals surface area contributed by atoms with Crippen molar-refractivity contribution < 1.29 is 23.1 Å². The lowest BCUT2D eigenvalue weighted by Crippen LogP contribution is -2.43. The average Bonchev–Trinajstić information content (AvgIpc) is 2.81. The highest BCUT2D eigenvalue weighted by Crippen LogP contribution is 2.32. The Morgan fingerprint density at radius 3 is 2.26 bits per heavy atom. The van der Waals surface area contributed by atoms with Crippen LogP contribution in [0.3, 0.4) is 0 Å². The minimum atomic E-state index is -4.05.